The minimum Gasteiger partial charge on any atom is -0.476 e. The van der Waals surface area contributed by atoms with Crippen molar-refractivity contribution in [3.63, 3.8) is 0 Å². The van der Waals surface area contributed by atoms with Crippen LogP contribution in [0.3, 0.4) is 0 Å². The molecule has 0 atom stereocenters. The number of nitrogens with zero attached hydrogens (tertiary/aromatic N) is 2. The van der Waals surface area contributed by atoms with Crippen molar-refractivity contribution in [2.45, 2.75) is 25.7 Å². The van der Waals surface area contributed by atoms with Gasteiger partial charge in [0.2, 0.25) is 0 Å². The van der Waals surface area contributed by atoms with E-state index in [1.165, 1.54) is 0 Å². The predicted molar refractivity (Wildman–Crippen MR) is 89.9 cm³/mol. The number of para-hydroxylation sites is 1. The Morgan fingerprint density at radius 1 is 1.08 bits per heavy atom. The van der Waals surface area contributed by atoms with E-state index in [-0.39, 0.29) is 21.5 Å². The molecule has 1 heterocycles. The van der Waals surface area contributed by atoms with Crippen molar-refractivity contribution in [3.8, 4) is 0 Å². The fraction of sp³-hybridized carbons (Fsp3) is 0.176. The van der Waals surface area contributed by atoms with Crippen LogP contribution < -0.4 is 0 Å². The normalized spacial score (nSPS) is 11.8. The molecule has 0 spiro atoms. The highest BCUT2D eigenvalue weighted by Crippen LogP contribution is 2.28. The van der Waals surface area contributed by atoms with Crippen molar-refractivity contribution < 1.29 is 18.3 Å². The first-order valence-electron chi connectivity index (χ1n) is 7.28. The maximum atomic E-state index is 13.1. The molecule has 1 aromatic heterocycles. The molecule has 0 aliphatic heterocycles. The van der Waals surface area contributed by atoms with Crippen LogP contribution in [0.4, 0.5) is 0 Å². The molecule has 0 bridgehead atoms. The van der Waals surface area contributed by atoms with E-state index in [0.29, 0.717) is 11.1 Å². The fourth-order valence-electron chi connectivity index (χ4n) is 3.04. The summed E-state index contributed by atoms with van der Waals surface area (Å²) in [6.45, 7) is 5.33. The summed E-state index contributed by atoms with van der Waals surface area (Å²) in [6.07, 6.45) is 0. The minimum atomic E-state index is -4.01. The van der Waals surface area contributed by atoms with E-state index in [2.05, 4.69) is 5.10 Å². The van der Waals surface area contributed by atoms with Gasteiger partial charge >= 0.3 is 5.97 Å². The van der Waals surface area contributed by atoms with Gasteiger partial charge < -0.3 is 5.11 Å². The molecule has 1 N–H and O–H groups in total. The van der Waals surface area contributed by atoms with Crippen LogP contribution in [0.2, 0.25) is 0 Å². The molecule has 24 heavy (non-hydrogen) atoms. The van der Waals surface area contributed by atoms with Gasteiger partial charge in [0, 0.05) is 5.39 Å². The molecular weight excluding hydrogens is 328 g/mol. The van der Waals surface area contributed by atoms with Crippen LogP contribution in [0.5, 0.6) is 0 Å². The molecule has 0 radical (unpaired) electrons. The van der Waals surface area contributed by atoms with Gasteiger partial charge in [0.05, 0.1) is 10.4 Å². The Labute approximate surface area is 139 Å². The summed E-state index contributed by atoms with van der Waals surface area (Å²) < 4.78 is 27.1. The van der Waals surface area contributed by atoms with Gasteiger partial charge in [0.1, 0.15) is 0 Å². The van der Waals surface area contributed by atoms with Crippen LogP contribution in [-0.2, 0) is 10.0 Å². The van der Waals surface area contributed by atoms with Gasteiger partial charge in [0.25, 0.3) is 10.0 Å². The minimum absolute atomic E-state index is 0.151. The summed E-state index contributed by atoms with van der Waals surface area (Å²) in [5.74, 6) is -1.27. The van der Waals surface area contributed by atoms with Gasteiger partial charge in [-0.1, -0.05) is 35.9 Å². The number of rotatable bonds is 3. The SMILES string of the molecule is Cc1cc(C)c(S(=O)(=O)n2nc(C(=O)O)c3ccccc32)c(C)c1. The number of aromatic nitrogens is 2. The zero-order valence-electron chi connectivity index (χ0n) is 13.4. The third kappa shape index (κ3) is 2.37. The Morgan fingerprint density at radius 2 is 1.67 bits per heavy atom. The maximum absolute atomic E-state index is 13.1. The van der Waals surface area contributed by atoms with Gasteiger partial charge in [-0.15, -0.1) is 5.10 Å². The second kappa shape index (κ2) is 5.45. The van der Waals surface area contributed by atoms with Crippen molar-refractivity contribution in [3.05, 3.63) is 58.8 Å². The Kier molecular flexibility index (Phi) is 3.68. The van der Waals surface area contributed by atoms with Crippen molar-refractivity contribution >= 4 is 26.9 Å². The van der Waals surface area contributed by atoms with Gasteiger partial charge in [0.15, 0.2) is 5.69 Å². The molecule has 3 rings (SSSR count). The molecule has 124 valence electrons. The molecule has 3 aromatic rings. The molecule has 0 aliphatic carbocycles. The lowest BCUT2D eigenvalue weighted by molar-refractivity contribution is 0.0692. The second-order valence-electron chi connectivity index (χ2n) is 5.75. The zero-order valence-corrected chi connectivity index (χ0v) is 14.3. The monoisotopic (exact) mass is 344 g/mol. The number of fused-ring (bicyclic) bond motifs is 1. The number of carboxylic acid groups (broad SMARTS) is 1. The Balaban J connectivity index is 2.37. The Bertz CT molecular complexity index is 1060. The predicted octanol–water partition coefficient (Wildman–Crippen LogP) is 2.90. The number of hydrogen-bond acceptors (Lipinski definition) is 4. The van der Waals surface area contributed by atoms with E-state index in [1.807, 2.05) is 6.92 Å². The van der Waals surface area contributed by atoms with Crippen molar-refractivity contribution in [1.82, 2.24) is 9.19 Å². The lowest BCUT2D eigenvalue weighted by Crippen LogP contribution is -2.18. The molecule has 6 nitrogen and oxygen atoms in total. The van der Waals surface area contributed by atoms with Crippen molar-refractivity contribution in [1.29, 1.82) is 0 Å². The fourth-order valence-corrected chi connectivity index (χ4v) is 4.75. The first-order valence-corrected chi connectivity index (χ1v) is 8.72. The molecular formula is C17H16N2O4S. The number of carbonyl (C=O) groups is 1. The summed E-state index contributed by atoms with van der Waals surface area (Å²) in [5, 5.41) is 13.5. The number of aryl methyl sites for hydroxylation is 3. The van der Waals surface area contributed by atoms with Gasteiger partial charge in [-0.05, 0) is 38.0 Å². The highest BCUT2D eigenvalue weighted by molar-refractivity contribution is 7.90. The molecule has 0 aliphatic rings. The molecule has 7 heteroatoms. The summed E-state index contributed by atoms with van der Waals surface area (Å²) in [6, 6.07) is 9.96. The van der Waals surface area contributed by atoms with E-state index >= 15 is 0 Å². The number of benzene rings is 2. The van der Waals surface area contributed by atoms with Crippen LogP contribution in [0.25, 0.3) is 10.9 Å². The summed E-state index contributed by atoms with van der Waals surface area (Å²) in [4.78, 5) is 11.6. The maximum Gasteiger partial charge on any atom is 0.357 e. The van der Waals surface area contributed by atoms with E-state index in [0.717, 1.165) is 9.65 Å². The first-order chi connectivity index (χ1) is 11.2. The first kappa shape index (κ1) is 16.2. The van der Waals surface area contributed by atoms with Crippen LogP contribution in [0.15, 0.2) is 41.3 Å². The Morgan fingerprint density at radius 3 is 2.25 bits per heavy atom. The van der Waals surface area contributed by atoms with E-state index in [1.54, 1.807) is 50.2 Å². The Hall–Kier alpha value is -2.67. The summed E-state index contributed by atoms with van der Waals surface area (Å²) >= 11 is 0. The van der Waals surface area contributed by atoms with Crippen LogP contribution >= 0.6 is 0 Å². The molecule has 2 aromatic carbocycles. The van der Waals surface area contributed by atoms with Gasteiger partial charge in [-0.25, -0.2) is 4.79 Å². The van der Waals surface area contributed by atoms with Gasteiger partial charge in [-0.2, -0.15) is 12.5 Å². The van der Waals surface area contributed by atoms with Crippen LogP contribution in [0.1, 0.15) is 27.2 Å². The lowest BCUT2D eigenvalue weighted by Gasteiger charge is -2.12. The van der Waals surface area contributed by atoms with Crippen LogP contribution in [-0.4, -0.2) is 28.7 Å². The largest absolute Gasteiger partial charge is 0.476 e. The second-order valence-corrected chi connectivity index (χ2v) is 7.45. The molecule has 0 unspecified atom stereocenters. The zero-order chi connectivity index (χ0) is 17.6. The third-order valence-electron chi connectivity index (χ3n) is 3.85. The van der Waals surface area contributed by atoms with E-state index < -0.39 is 16.0 Å². The number of aromatic carboxylic acids is 1. The lowest BCUT2D eigenvalue weighted by atomic mass is 10.1. The quantitative estimate of drug-likeness (QED) is 0.789. The molecule has 0 fully saturated rings. The average Bonchev–Trinajstić information content (AvgIpc) is 2.86. The molecule has 0 amide bonds. The van der Waals surface area contributed by atoms with Gasteiger partial charge in [-0.3, -0.25) is 0 Å². The smallest absolute Gasteiger partial charge is 0.357 e. The average molecular weight is 344 g/mol. The highest BCUT2D eigenvalue weighted by atomic mass is 32.2. The highest BCUT2D eigenvalue weighted by Gasteiger charge is 2.27. The van der Waals surface area contributed by atoms with E-state index in [9.17, 15) is 18.3 Å². The number of carboxylic acids is 1. The summed E-state index contributed by atoms with van der Waals surface area (Å²) in [5.41, 5.74) is 2.12. The summed E-state index contributed by atoms with van der Waals surface area (Å²) in [7, 11) is -4.01. The van der Waals surface area contributed by atoms with Crippen LogP contribution in [0, 0.1) is 20.8 Å². The third-order valence-corrected chi connectivity index (χ3v) is 5.74. The molecule has 0 saturated heterocycles. The standard InChI is InChI=1S/C17H16N2O4S/c1-10-8-11(2)16(12(3)9-10)24(22,23)19-14-7-5-4-6-13(14)15(18-19)17(20)21/h4-9H,1-3H3,(H,20,21). The molecule has 0 saturated carbocycles. The van der Waals surface area contributed by atoms with Crippen molar-refractivity contribution in [2.75, 3.05) is 0 Å². The van der Waals surface area contributed by atoms with Crippen molar-refractivity contribution in [2.24, 2.45) is 0 Å². The van der Waals surface area contributed by atoms with E-state index in [4.69, 9.17) is 0 Å². The number of hydrogen-bond donors (Lipinski definition) is 1. The topological polar surface area (TPSA) is 89.3 Å².